The number of benzene rings is 1. The van der Waals surface area contributed by atoms with Crippen LogP contribution in [0.3, 0.4) is 0 Å². The fourth-order valence-corrected chi connectivity index (χ4v) is 2.13. The summed E-state index contributed by atoms with van der Waals surface area (Å²) in [6.07, 6.45) is 1.83. The summed E-state index contributed by atoms with van der Waals surface area (Å²) in [5.41, 5.74) is 1.51. The lowest BCUT2D eigenvalue weighted by Crippen LogP contribution is -2.06. The van der Waals surface area contributed by atoms with Gasteiger partial charge in [-0.15, -0.1) is 0 Å². The number of rotatable bonds is 3. The molecule has 0 atom stereocenters. The molecule has 0 saturated carbocycles. The smallest absolute Gasteiger partial charge is 0.359 e. The Bertz CT molecular complexity index is 523. The number of carbonyl (C=O) groups is 1. The molecule has 0 aliphatic rings. The van der Waals surface area contributed by atoms with Crippen LogP contribution in [-0.2, 0) is 11.3 Å². The van der Waals surface area contributed by atoms with Crippen LogP contribution < -0.4 is 0 Å². The van der Waals surface area contributed by atoms with E-state index in [4.69, 9.17) is 0 Å². The maximum Gasteiger partial charge on any atom is 0.359 e. The van der Waals surface area contributed by atoms with E-state index in [1.165, 1.54) is 7.11 Å². The summed E-state index contributed by atoms with van der Waals surface area (Å²) < 4.78 is 7.20. The Morgan fingerprint density at radius 1 is 1.41 bits per heavy atom. The molecule has 0 spiro atoms. The molecular weight excluding hydrogens is 331 g/mol. The quantitative estimate of drug-likeness (QED) is 0.635. The van der Waals surface area contributed by atoms with Crippen molar-refractivity contribution in [2.45, 2.75) is 6.54 Å². The summed E-state index contributed by atoms with van der Waals surface area (Å²) in [6, 6.07) is 9.96. The molecule has 0 aliphatic heterocycles. The third-order valence-corrected chi connectivity index (χ3v) is 3.07. The zero-order valence-corrected chi connectivity index (χ0v) is 11.4. The van der Waals surface area contributed by atoms with E-state index >= 15 is 0 Å². The summed E-state index contributed by atoms with van der Waals surface area (Å²) in [4.78, 5) is 11.4. The molecule has 1 aromatic carbocycles. The Kier molecular flexibility index (Phi) is 3.78. The highest BCUT2D eigenvalue weighted by atomic mass is 127. The van der Waals surface area contributed by atoms with Crippen LogP contribution in [0, 0.1) is 3.57 Å². The predicted molar refractivity (Wildman–Crippen MR) is 71.8 cm³/mol. The van der Waals surface area contributed by atoms with Crippen molar-refractivity contribution in [1.82, 2.24) is 9.78 Å². The molecule has 88 valence electrons. The van der Waals surface area contributed by atoms with Gasteiger partial charge in [0.25, 0.3) is 0 Å². The van der Waals surface area contributed by atoms with Gasteiger partial charge in [0.05, 0.1) is 17.2 Å². The van der Waals surface area contributed by atoms with Crippen LogP contribution in [0.15, 0.2) is 36.5 Å². The average molecular weight is 342 g/mol. The van der Waals surface area contributed by atoms with Crippen molar-refractivity contribution < 1.29 is 9.53 Å². The van der Waals surface area contributed by atoms with Gasteiger partial charge in [-0.25, -0.2) is 4.79 Å². The van der Waals surface area contributed by atoms with Gasteiger partial charge in [-0.3, -0.25) is 4.68 Å². The molecule has 5 heteroatoms. The maximum absolute atomic E-state index is 11.4. The molecule has 0 saturated heterocycles. The van der Waals surface area contributed by atoms with Crippen molar-refractivity contribution in [3.05, 3.63) is 51.4 Å². The van der Waals surface area contributed by atoms with Gasteiger partial charge in [0.1, 0.15) is 0 Å². The van der Waals surface area contributed by atoms with Gasteiger partial charge in [-0.05, 0) is 28.2 Å². The number of methoxy groups -OCH3 is 1. The molecular formula is C12H11IN2O2. The fourth-order valence-electron chi connectivity index (χ4n) is 1.48. The van der Waals surface area contributed by atoms with E-state index in [0.29, 0.717) is 12.2 Å². The third kappa shape index (κ3) is 2.85. The lowest BCUT2D eigenvalue weighted by atomic mass is 10.2. The van der Waals surface area contributed by atoms with Gasteiger partial charge in [-0.1, -0.05) is 30.3 Å². The Balaban J connectivity index is 2.21. The first kappa shape index (κ1) is 12.1. The van der Waals surface area contributed by atoms with Crippen LogP contribution in [0.25, 0.3) is 0 Å². The van der Waals surface area contributed by atoms with E-state index in [1.54, 1.807) is 4.68 Å². The fraction of sp³-hybridized carbons (Fsp3) is 0.167. The molecule has 0 radical (unpaired) electrons. The van der Waals surface area contributed by atoms with Gasteiger partial charge >= 0.3 is 5.97 Å². The number of ether oxygens (including phenoxy) is 1. The number of aromatic nitrogens is 2. The monoisotopic (exact) mass is 342 g/mol. The molecule has 0 amide bonds. The number of hydrogen-bond acceptors (Lipinski definition) is 3. The predicted octanol–water partition coefficient (Wildman–Crippen LogP) is 2.32. The second-order valence-electron chi connectivity index (χ2n) is 3.50. The Labute approximate surface area is 113 Å². The Morgan fingerprint density at radius 2 is 2.12 bits per heavy atom. The zero-order chi connectivity index (χ0) is 12.3. The van der Waals surface area contributed by atoms with E-state index in [0.717, 1.165) is 9.13 Å². The molecule has 0 aliphatic carbocycles. The minimum absolute atomic E-state index is 0.365. The normalized spacial score (nSPS) is 10.2. The average Bonchev–Trinajstić information content (AvgIpc) is 2.70. The lowest BCUT2D eigenvalue weighted by Gasteiger charge is -2.00. The van der Waals surface area contributed by atoms with Gasteiger partial charge < -0.3 is 4.74 Å². The molecule has 4 nitrogen and oxygen atoms in total. The summed E-state index contributed by atoms with van der Waals surface area (Å²) in [5, 5.41) is 4.21. The topological polar surface area (TPSA) is 44.1 Å². The number of hydrogen-bond donors (Lipinski definition) is 0. The minimum atomic E-state index is -0.402. The van der Waals surface area contributed by atoms with Crippen molar-refractivity contribution >= 4 is 28.6 Å². The Hall–Kier alpha value is -1.37. The van der Waals surface area contributed by atoms with E-state index in [2.05, 4.69) is 32.4 Å². The summed E-state index contributed by atoms with van der Waals surface area (Å²) in [6.45, 7) is 0.647. The molecule has 0 N–H and O–H groups in total. The second kappa shape index (κ2) is 5.31. The first-order valence-electron chi connectivity index (χ1n) is 5.06. The van der Waals surface area contributed by atoms with Crippen molar-refractivity contribution in [2.24, 2.45) is 0 Å². The first-order valence-corrected chi connectivity index (χ1v) is 6.14. The summed E-state index contributed by atoms with van der Waals surface area (Å²) >= 11 is 2.08. The molecule has 0 bridgehead atoms. The molecule has 2 aromatic rings. The van der Waals surface area contributed by atoms with E-state index in [9.17, 15) is 4.79 Å². The summed E-state index contributed by atoms with van der Waals surface area (Å²) in [7, 11) is 1.36. The molecule has 1 aromatic heterocycles. The molecule has 0 fully saturated rings. The zero-order valence-electron chi connectivity index (χ0n) is 9.26. The van der Waals surface area contributed by atoms with Crippen LogP contribution in [0.1, 0.15) is 16.1 Å². The van der Waals surface area contributed by atoms with Gasteiger partial charge in [0, 0.05) is 6.20 Å². The van der Waals surface area contributed by atoms with Gasteiger partial charge in [0.2, 0.25) is 0 Å². The van der Waals surface area contributed by atoms with Gasteiger partial charge in [-0.2, -0.15) is 5.10 Å². The van der Waals surface area contributed by atoms with Gasteiger partial charge in [0.15, 0.2) is 5.69 Å². The van der Waals surface area contributed by atoms with Crippen LogP contribution >= 0.6 is 22.6 Å². The van der Waals surface area contributed by atoms with Crippen LogP contribution in [0.5, 0.6) is 0 Å². The van der Waals surface area contributed by atoms with Crippen molar-refractivity contribution in [3.8, 4) is 0 Å². The van der Waals surface area contributed by atoms with Crippen molar-refractivity contribution in [1.29, 1.82) is 0 Å². The highest BCUT2D eigenvalue weighted by Gasteiger charge is 2.15. The van der Waals surface area contributed by atoms with E-state index in [1.807, 2.05) is 36.5 Å². The number of carbonyl (C=O) groups excluding carboxylic acids is 1. The van der Waals surface area contributed by atoms with Crippen LogP contribution in [0.4, 0.5) is 0 Å². The van der Waals surface area contributed by atoms with E-state index < -0.39 is 5.97 Å². The second-order valence-corrected chi connectivity index (χ2v) is 4.66. The SMILES string of the molecule is COC(=O)c1nn(Cc2ccccc2)cc1I. The number of esters is 1. The standard InChI is InChI=1S/C12H11IN2O2/c1-17-12(16)11-10(13)8-15(14-11)7-9-5-3-2-4-6-9/h2-6,8H,7H2,1H3. The van der Waals surface area contributed by atoms with E-state index in [-0.39, 0.29) is 0 Å². The number of halogens is 1. The highest BCUT2D eigenvalue weighted by Crippen LogP contribution is 2.12. The molecule has 17 heavy (non-hydrogen) atoms. The molecule has 2 rings (SSSR count). The Morgan fingerprint density at radius 3 is 2.76 bits per heavy atom. The van der Waals surface area contributed by atoms with Crippen LogP contribution in [-0.4, -0.2) is 22.9 Å². The van der Waals surface area contributed by atoms with Crippen LogP contribution in [0.2, 0.25) is 0 Å². The first-order chi connectivity index (χ1) is 8.20. The molecule has 0 unspecified atom stereocenters. The lowest BCUT2D eigenvalue weighted by molar-refractivity contribution is 0.0592. The van der Waals surface area contributed by atoms with Crippen molar-refractivity contribution in [3.63, 3.8) is 0 Å². The third-order valence-electron chi connectivity index (χ3n) is 2.28. The number of nitrogens with zero attached hydrogens (tertiary/aromatic N) is 2. The molecule has 1 heterocycles. The minimum Gasteiger partial charge on any atom is -0.464 e. The maximum atomic E-state index is 11.4. The largest absolute Gasteiger partial charge is 0.464 e. The highest BCUT2D eigenvalue weighted by molar-refractivity contribution is 14.1. The summed E-state index contributed by atoms with van der Waals surface area (Å²) in [5.74, 6) is -0.402. The van der Waals surface area contributed by atoms with Crippen molar-refractivity contribution in [2.75, 3.05) is 7.11 Å².